The van der Waals surface area contributed by atoms with E-state index in [4.69, 9.17) is 0 Å². The minimum atomic E-state index is -0.889. The van der Waals surface area contributed by atoms with Gasteiger partial charge in [0.05, 0.1) is 5.69 Å². The van der Waals surface area contributed by atoms with Crippen molar-refractivity contribution in [3.8, 4) is 0 Å². The van der Waals surface area contributed by atoms with Crippen LogP contribution in [0.1, 0.15) is 40.7 Å². The van der Waals surface area contributed by atoms with Gasteiger partial charge in [-0.15, -0.1) is 0 Å². The monoisotopic (exact) mass is 347 g/mol. The van der Waals surface area contributed by atoms with Crippen LogP contribution in [0.4, 0.5) is 14.5 Å². The number of hydrogen-bond donors (Lipinski definition) is 1. The Morgan fingerprint density at radius 1 is 1.16 bits per heavy atom. The summed E-state index contributed by atoms with van der Waals surface area (Å²) in [5, 5.41) is 2.32. The number of nitrogens with one attached hydrogen (secondary N) is 1. The first kappa shape index (κ1) is 18.5. The zero-order chi connectivity index (χ0) is 18.4. The Morgan fingerprint density at radius 3 is 2.56 bits per heavy atom. The van der Waals surface area contributed by atoms with Crippen LogP contribution in [0.5, 0.6) is 0 Å². The number of hydrogen-bond acceptors (Lipinski definition) is 3. The lowest BCUT2D eigenvalue weighted by atomic mass is 10.2. The molecule has 0 saturated heterocycles. The van der Waals surface area contributed by atoms with Crippen molar-refractivity contribution in [2.45, 2.75) is 19.8 Å². The number of carbonyl (C=O) groups excluding carboxylic acids is 2. The van der Waals surface area contributed by atoms with Crippen molar-refractivity contribution < 1.29 is 18.4 Å². The molecule has 1 N–H and O–H groups in total. The summed E-state index contributed by atoms with van der Waals surface area (Å²) in [5.41, 5.74) is -0.0608. The summed E-state index contributed by atoms with van der Waals surface area (Å²) in [6.45, 7) is 2.62. The third kappa shape index (κ3) is 4.82. The van der Waals surface area contributed by atoms with E-state index >= 15 is 0 Å². The van der Waals surface area contributed by atoms with Crippen LogP contribution >= 0.6 is 0 Å². The van der Waals surface area contributed by atoms with E-state index in [9.17, 15) is 18.4 Å². The molecule has 1 heterocycles. The average Bonchev–Trinajstić information content (AvgIpc) is 2.61. The topological polar surface area (TPSA) is 62.3 Å². The third-order valence-electron chi connectivity index (χ3n) is 3.57. The maximum Gasteiger partial charge on any atom is 0.274 e. The third-order valence-corrected chi connectivity index (χ3v) is 3.57. The van der Waals surface area contributed by atoms with E-state index < -0.39 is 17.5 Å². The van der Waals surface area contributed by atoms with Crippen molar-refractivity contribution in [1.29, 1.82) is 0 Å². The van der Waals surface area contributed by atoms with Gasteiger partial charge in [0.15, 0.2) is 0 Å². The normalized spacial score (nSPS) is 10.4. The molecule has 0 spiro atoms. The summed E-state index contributed by atoms with van der Waals surface area (Å²) < 4.78 is 26.5. The van der Waals surface area contributed by atoms with Gasteiger partial charge in [0.2, 0.25) is 0 Å². The molecule has 0 fully saturated rings. The average molecular weight is 347 g/mol. The van der Waals surface area contributed by atoms with Crippen molar-refractivity contribution in [2.75, 3.05) is 18.9 Å². The fourth-order valence-corrected chi connectivity index (χ4v) is 2.15. The molecule has 0 bridgehead atoms. The Kier molecular flexibility index (Phi) is 6.16. The molecule has 0 unspecified atom stereocenters. The van der Waals surface area contributed by atoms with E-state index in [-0.39, 0.29) is 23.0 Å². The van der Waals surface area contributed by atoms with Crippen LogP contribution in [-0.4, -0.2) is 35.3 Å². The number of benzene rings is 1. The van der Waals surface area contributed by atoms with E-state index in [0.717, 1.165) is 25.0 Å². The van der Waals surface area contributed by atoms with Crippen LogP contribution in [0.15, 0.2) is 36.4 Å². The van der Waals surface area contributed by atoms with Gasteiger partial charge in [-0.2, -0.15) is 0 Å². The lowest BCUT2D eigenvalue weighted by Gasteiger charge is -2.16. The predicted octanol–water partition coefficient (Wildman–Crippen LogP) is 3.48. The maximum absolute atomic E-state index is 13.6. The van der Waals surface area contributed by atoms with Crippen LogP contribution in [-0.2, 0) is 0 Å². The van der Waals surface area contributed by atoms with Gasteiger partial charge in [-0.25, -0.2) is 13.8 Å². The van der Waals surface area contributed by atoms with Gasteiger partial charge < -0.3 is 10.2 Å². The molecular formula is C18H19F2N3O2. The molecule has 0 saturated carbocycles. The molecule has 0 aliphatic carbocycles. The molecule has 2 aromatic rings. The van der Waals surface area contributed by atoms with Crippen LogP contribution in [0.25, 0.3) is 0 Å². The quantitative estimate of drug-likeness (QED) is 0.870. The lowest BCUT2D eigenvalue weighted by molar-refractivity contribution is 0.0787. The number of aromatic nitrogens is 1. The number of rotatable bonds is 6. The maximum atomic E-state index is 13.6. The highest BCUT2D eigenvalue weighted by atomic mass is 19.1. The molecule has 7 heteroatoms. The van der Waals surface area contributed by atoms with Crippen LogP contribution in [0.3, 0.4) is 0 Å². The minimum Gasteiger partial charge on any atom is -0.340 e. The van der Waals surface area contributed by atoms with Gasteiger partial charge in [-0.1, -0.05) is 19.4 Å². The largest absolute Gasteiger partial charge is 0.340 e. The summed E-state index contributed by atoms with van der Waals surface area (Å²) in [6, 6.07) is 7.29. The highest BCUT2D eigenvalue weighted by Crippen LogP contribution is 2.16. The van der Waals surface area contributed by atoms with Gasteiger partial charge in [0.1, 0.15) is 23.0 Å². The van der Waals surface area contributed by atoms with Crippen molar-refractivity contribution >= 4 is 17.5 Å². The number of anilines is 1. The molecule has 0 atom stereocenters. The Labute approximate surface area is 144 Å². The van der Waals surface area contributed by atoms with Gasteiger partial charge in [0.25, 0.3) is 11.8 Å². The van der Waals surface area contributed by atoms with Gasteiger partial charge in [-0.3, -0.25) is 9.59 Å². The van der Waals surface area contributed by atoms with E-state index in [1.165, 1.54) is 23.1 Å². The standard InChI is InChI=1S/C18H19F2N3O2/c1-3-4-10-23(2)18(25)16-7-5-6-15(21-16)17(24)22-14-9-8-12(19)11-13(14)20/h5-9,11H,3-4,10H2,1-2H3,(H,22,24). The molecule has 132 valence electrons. The zero-order valence-electron chi connectivity index (χ0n) is 14.1. The molecule has 25 heavy (non-hydrogen) atoms. The van der Waals surface area contributed by atoms with Gasteiger partial charge >= 0.3 is 0 Å². The summed E-state index contributed by atoms with van der Waals surface area (Å²) >= 11 is 0. The second kappa shape index (κ2) is 8.32. The number of halogens is 2. The van der Waals surface area contributed by atoms with E-state index in [1.54, 1.807) is 7.05 Å². The van der Waals surface area contributed by atoms with Crippen LogP contribution in [0, 0.1) is 11.6 Å². The highest BCUT2D eigenvalue weighted by molar-refractivity contribution is 6.03. The first-order valence-corrected chi connectivity index (χ1v) is 7.91. The van der Waals surface area contributed by atoms with Gasteiger partial charge in [-0.05, 0) is 30.7 Å². The van der Waals surface area contributed by atoms with Crippen molar-refractivity contribution in [3.05, 3.63) is 59.4 Å². The Balaban J connectivity index is 2.14. The first-order chi connectivity index (χ1) is 11.9. The molecule has 0 aliphatic rings. The molecule has 5 nitrogen and oxygen atoms in total. The summed E-state index contributed by atoms with van der Waals surface area (Å²) in [4.78, 5) is 30.1. The Morgan fingerprint density at radius 2 is 1.88 bits per heavy atom. The fourth-order valence-electron chi connectivity index (χ4n) is 2.15. The predicted molar refractivity (Wildman–Crippen MR) is 90.4 cm³/mol. The molecule has 2 rings (SSSR count). The molecule has 0 aliphatic heterocycles. The summed E-state index contributed by atoms with van der Waals surface area (Å²) in [7, 11) is 1.67. The minimum absolute atomic E-state index is 0.0292. The smallest absolute Gasteiger partial charge is 0.274 e. The molecule has 0 radical (unpaired) electrons. The van der Waals surface area contributed by atoms with Crippen molar-refractivity contribution in [3.63, 3.8) is 0 Å². The lowest BCUT2D eigenvalue weighted by Crippen LogP contribution is -2.29. The first-order valence-electron chi connectivity index (χ1n) is 7.91. The number of carbonyl (C=O) groups is 2. The highest BCUT2D eigenvalue weighted by Gasteiger charge is 2.16. The molecule has 2 amide bonds. The summed E-state index contributed by atoms with van der Waals surface area (Å²) in [5.74, 6) is -2.61. The van der Waals surface area contributed by atoms with E-state index in [0.29, 0.717) is 12.6 Å². The molecule has 1 aromatic heterocycles. The molecular weight excluding hydrogens is 328 g/mol. The zero-order valence-corrected chi connectivity index (χ0v) is 14.1. The SMILES string of the molecule is CCCCN(C)C(=O)c1cccc(C(=O)Nc2ccc(F)cc2F)n1. The van der Waals surface area contributed by atoms with Crippen molar-refractivity contribution in [2.24, 2.45) is 0 Å². The second-order valence-electron chi connectivity index (χ2n) is 5.57. The molecule has 1 aromatic carbocycles. The fraction of sp³-hybridized carbons (Fsp3) is 0.278. The summed E-state index contributed by atoms with van der Waals surface area (Å²) in [6.07, 6.45) is 1.82. The van der Waals surface area contributed by atoms with Crippen LogP contribution in [0.2, 0.25) is 0 Å². The van der Waals surface area contributed by atoms with Crippen molar-refractivity contribution in [1.82, 2.24) is 9.88 Å². The van der Waals surface area contributed by atoms with E-state index in [2.05, 4.69) is 10.3 Å². The van der Waals surface area contributed by atoms with E-state index in [1.807, 2.05) is 6.92 Å². The Hall–Kier alpha value is -2.83. The number of amides is 2. The Bertz CT molecular complexity index is 781. The number of pyridine rings is 1. The number of unbranched alkanes of at least 4 members (excludes halogenated alkanes) is 1. The van der Waals surface area contributed by atoms with Crippen LogP contribution < -0.4 is 5.32 Å². The second-order valence-corrected chi connectivity index (χ2v) is 5.57. The number of nitrogens with zero attached hydrogens (tertiary/aromatic N) is 2. The van der Waals surface area contributed by atoms with Gasteiger partial charge in [0, 0.05) is 19.7 Å².